The topological polar surface area (TPSA) is 43.8 Å². The zero-order valence-corrected chi connectivity index (χ0v) is 27.6. The summed E-state index contributed by atoms with van der Waals surface area (Å²) < 4.78 is 10.7. The first-order valence-electron chi connectivity index (χ1n) is 15.6. The van der Waals surface area contributed by atoms with E-state index in [1.807, 2.05) is 49.1 Å². The second kappa shape index (κ2) is 11.2. The average Bonchev–Trinajstić information content (AvgIpc) is 3.84. The fraction of sp³-hybridized carbons (Fsp3) is 0. The average molecular weight is 796 g/mol. The van der Waals surface area contributed by atoms with Crippen molar-refractivity contribution in [2.24, 2.45) is 0 Å². The summed E-state index contributed by atoms with van der Waals surface area (Å²) in [7, 11) is 0. The number of fused-ring (bicyclic) bond motifs is 12. The van der Waals surface area contributed by atoms with Gasteiger partial charge in [0.15, 0.2) is 0 Å². The monoisotopic (exact) mass is 795 g/mol. The molecule has 0 aliphatic carbocycles. The summed E-state index contributed by atoms with van der Waals surface area (Å²) in [6, 6.07) is 49.4. The predicted molar refractivity (Wildman–Crippen MR) is 189 cm³/mol. The Morgan fingerprint density at radius 1 is 0.458 bits per heavy atom. The van der Waals surface area contributed by atoms with Crippen LogP contribution in [0.15, 0.2) is 146 Å². The Bertz CT molecular complexity index is 2630. The van der Waals surface area contributed by atoms with Crippen molar-refractivity contribution in [3.05, 3.63) is 158 Å². The molecule has 0 aliphatic heterocycles. The normalized spacial score (nSPS) is 11.6. The second-order valence-corrected chi connectivity index (χ2v) is 11.8. The van der Waals surface area contributed by atoms with Crippen LogP contribution in [0.4, 0.5) is 0 Å². The molecule has 0 unspecified atom stereocenters. The van der Waals surface area contributed by atoms with E-state index in [0.717, 1.165) is 54.6 Å². The largest absolute Gasteiger partial charge is 2.00 e. The molecule has 0 atom stereocenters. The zero-order valence-electron chi connectivity index (χ0n) is 25.4. The summed E-state index contributed by atoms with van der Waals surface area (Å²) >= 11 is 0. The van der Waals surface area contributed by atoms with Gasteiger partial charge in [0, 0.05) is 47.3 Å². The van der Waals surface area contributed by atoms with E-state index in [2.05, 4.69) is 118 Å². The van der Waals surface area contributed by atoms with Crippen LogP contribution < -0.4 is 4.74 Å². The Kier molecular flexibility index (Phi) is 6.63. The van der Waals surface area contributed by atoms with E-state index in [1.54, 1.807) is 0 Å². The molecule has 0 fully saturated rings. The van der Waals surface area contributed by atoms with E-state index in [-0.39, 0.29) is 21.1 Å². The number of aromatic nitrogens is 4. The van der Waals surface area contributed by atoms with Crippen LogP contribution in [0.1, 0.15) is 0 Å². The van der Waals surface area contributed by atoms with E-state index < -0.39 is 0 Å². The molecule has 6 aromatic carbocycles. The summed E-state index contributed by atoms with van der Waals surface area (Å²) in [4.78, 5) is 9.42. The molecule has 0 aliphatic rings. The molecule has 5 nitrogen and oxygen atoms in total. The van der Waals surface area contributed by atoms with Gasteiger partial charge >= 0.3 is 21.1 Å². The third-order valence-electron chi connectivity index (χ3n) is 9.09. The van der Waals surface area contributed by atoms with E-state index in [4.69, 9.17) is 14.7 Å². The first-order chi connectivity index (χ1) is 23.3. The molecule has 0 N–H and O–H groups in total. The standard InChI is InChI=1S/C42H24N4O.Pt/c1-3-7-27(8-4-1)29-11-17-39-35(23-29)33-15-13-31(25-37(33)41-43-19-21-45(39)41)47-32-14-16-34-36-24-30(28-9-5-2-6-10-28)12-18-40(36)46-22-20-44-42(46)38(34)26-32;/h1-24H;/q-2;+2. The first kappa shape index (κ1) is 28.5. The van der Waals surface area contributed by atoms with Gasteiger partial charge in [-0.2, -0.15) is 0 Å². The number of pyridine rings is 2. The van der Waals surface area contributed by atoms with Crippen LogP contribution in [0.25, 0.3) is 76.9 Å². The van der Waals surface area contributed by atoms with Crippen molar-refractivity contribution in [2.75, 3.05) is 0 Å². The Hall–Kier alpha value is -5.77. The van der Waals surface area contributed by atoms with Crippen LogP contribution in [0.3, 0.4) is 0 Å². The number of benzene rings is 6. The number of nitrogens with zero attached hydrogens (tertiary/aromatic N) is 4. The molecule has 10 rings (SSSR count). The third kappa shape index (κ3) is 4.43. The second-order valence-electron chi connectivity index (χ2n) is 11.8. The maximum atomic E-state index is 6.47. The Balaban J connectivity index is 0.00000314. The van der Waals surface area contributed by atoms with E-state index in [0.29, 0.717) is 11.5 Å². The van der Waals surface area contributed by atoms with Crippen molar-refractivity contribution in [3.8, 4) is 33.8 Å². The van der Waals surface area contributed by atoms with Crippen LogP contribution in [0.2, 0.25) is 0 Å². The van der Waals surface area contributed by atoms with Gasteiger partial charge in [-0.1, -0.05) is 131 Å². The van der Waals surface area contributed by atoms with Crippen LogP contribution in [-0.2, 0) is 21.1 Å². The van der Waals surface area contributed by atoms with Crippen molar-refractivity contribution in [3.63, 3.8) is 0 Å². The van der Waals surface area contributed by atoms with Gasteiger partial charge in [0.05, 0.1) is 11.3 Å². The molecule has 10 aromatic rings. The van der Waals surface area contributed by atoms with Gasteiger partial charge in [0.2, 0.25) is 0 Å². The molecule has 6 heteroatoms. The molecule has 0 radical (unpaired) electrons. The van der Waals surface area contributed by atoms with E-state index >= 15 is 0 Å². The summed E-state index contributed by atoms with van der Waals surface area (Å²) in [5.74, 6) is 1.20. The number of imidazole rings is 2. The molecule has 228 valence electrons. The van der Waals surface area contributed by atoms with Crippen LogP contribution in [-0.4, -0.2) is 18.8 Å². The van der Waals surface area contributed by atoms with E-state index in [1.165, 1.54) is 22.3 Å². The molecule has 0 bridgehead atoms. The van der Waals surface area contributed by atoms with Crippen molar-refractivity contribution in [1.29, 1.82) is 0 Å². The molecule has 48 heavy (non-hydrogen) atoms. The summed E-state index contributed by atoms with van der Waals surface area (Å²) in [5.41, 5.74) is 8.57. The zero-order chi connectivity index (χ0) is 30.9. The molecule has 4 heterocycles. The SMILES string of the molecule is [Pt+2].[c-]1c(Oc2[c-]c3c(cc2)c2cc(-c4ccccc4)ccc2n2ccnc32)ccc2c1c1nccn1c1ccc(-c3ccccc3)cc21. The number of ether oxygens (including phenoxy) is 1. The van der Waals surface area contributed by atoms with Gasteiger partial charge in [-0.05, 0) is 45.2 Å². The number of hydrogen-bond donors (Lipinski definition) is 0. The maximum absolute atomic E-state index is 6.47. The third-order valence-corrected chi connectivity index (χ3v) is 9.09. The van der Waals surface area contributed by atoms with Crippen molar-refractivity contribution >= 4 is 54.6 Å². The molecule has 0 spiro atoms. The summed E-state index contributed by atoms with van der Waals surface area (Å²) in [6.07, 6.45) is 7.67. The Morgan fingerprint density at radius 2 is 0.917 bits per heavy atom. The smallest absolute Gasteiger partial charge is 0.497 e. The van der Waals surface area contributed by atoms with Crippen molar-refractivity contribution in [2.45, 2.75) is 0 Å². The van der Waals surface area contributed by atoms with Gasteiger partial charge in [0.1, 0.15) is 0 Å². The van der Waals surface area contributed by atoms with Gasteiger partial charge in [-0.3, -0.25) is 9.97 Å². The van der Waals surface area contributed by atoms with Gasteiger partial charge in [-0.25, -0.2) is 0 Å². The van der Waals surface area contributed by atoms with Crippen molar-refractivity contribution < 1.29 is 25.8 Å². The van der Waals surface area contributed by atoms with Gasteiger partial charge < -0.3 is 13.5 Å². The molecule has 0 saturated heterocycles. The number of hydrogen-bond acceptors (Lipinski definition) is 3. The molecule has 4 aromatic heterocycles. The maximum Gasteiger partial charge on any atom is 2.00 e. The van der Waals surface area contributed by atoms with Crippen LogP contribution in [0, 0.1) is 12.1 Å². The molecule has 0 amide bonds. The van der Waals surface area contributed by atoms with Gasteiger partial charge in [0.25, 0.3) is 0 Å². The molecular formula is C42H24N4OPt. The Labute approximate surface area is 290 Å². The van der Waals surface area contributed by atoms with Crippen LogP contribution >= 0.6 is 0 Å². The minimum Gasteiger partial charge on any atom is -0.497 e. The van der Waals surface area contributed by atoms with Gasteiger partial charge in [-0.15, -0.1) is 12.1 Å². The molecule has 0 saturated carbocycles. The first-order valence-corrected chi connectivity index (χ1v) is 15.6. The minimum atomic E-state index is 0. The predicted octanol–water partition coefficient (Wildman–Crippen LogP) is 10.3. The Morgan fingerprint density at radius 3 is 1.38 bits per heavy atom. The van der Waals surface area contributed by atoms with E-state index in [9.17, 15) is 0 Å². The fourth-order valence-corrected chi connectivity index (χ4v) is 6.90. The summed E-state index contributed by atoms with van der Waals surface area (Å²) in [5, 5.41) is 6.23. The molecular weight excluding hydrogens is 772 g/mol. The van der Waals surface area contributed by atoms with Crippen LogP contribution in [0.5, 0.6) is 11.5 Å². The summed E-state index contributed by atoms with van der Waals surface area (Å²) in [6.45, 7) is 0. The fourth-order valence-electron chi connectivity index (χ4n) is 6.90. The number of rotatable bonds is 4. The van der Waals surface area contributed by atoms with Crippen molar-refractivity contribution in [1.82, 2.24) is 18.8 Å². The minimum absolute atomic E-state index is 0. The quantitative estimate of drug-likeness (QED) is 0.132.